The van der Waals surface area contributed by atoms with E-state index in [2.05, 4.69) is 34.6 Å². The van der Waals surface area contributed by atoms with Gasteiger partial charge >= 0.3 is 17.9 Å². The van der Waals surface area contributed by atoms with E-state index in [0.29, 0.717) is 19.3 Å². The van der Waals surface area contributed by atoms with Gasteiger partial charge in [0, 0.05) is 19.3 Å². The molecule has 6 heteroatoms. The van der Waals surface area contributed by atoms with E-state index in [0.717, 1.165) is 69.6 Å². The average Bonchev–Trinajstić information content (AvgIpc) is 3.24. The third-order valence-electron chi connectivity index (χ3n) is 12.8. The molecule has 0 aliphatic carbocycles. The lowest BCUT2D eigenvalue weighted by Crippen LogP contribution is -2.30. The Bertz CT molecular complexity index is 933. The molecule has 0 rings (SSSR count). The molecule has 0 aliphatic rings. The smallest absolute Gasteiger partial charge is 0.306 e. The van der Waals surface area contributed by atoms with Crippen molar-refractivity contribution in [3.8, 4) is 0 Å². The predicted molar refractivity (Wildman–Crippen MR) is 261 cm³/mol. The number of rotatable bonds is 49. The lowest BCUT2D eigenvalue weighted by atomic mass is 9.99. The summed E-state index contributed by atoms with van der Waals surface area (Å²) >= 11 is 0. The number of esters is 3. The fraction of sp³-hybridized carbons (Fsp3) is 0.945. The summed E-state index contributed by atoms with van der Waals surface area (Å²) in [5.41, 5.74) is 0. The van der Waals surface area contributed by atoms with Gasteiger partial charge in [-0.3, -0.25) is 14.4 Å². The van der Waals surface area contributed by atoms with E-state index in [1.807, 2.05) is 0 Å². The van der Waals surface area contributed by atoms with E-state index in [1.165, 1.54) is 193 Å². The number of hydrogen-bond donors (Lipinski definition) is 0. The molecule has 362 valence electrons. The monoisotopic (exact) mass is 863 g/mol. The standard InChI is InChI=1S/C55H106O6/c1-6-8-9-10-11-12-18-25-30-35-40-45-53(56)59-48-52(49-60-54(57)46-41-36-31-26-22-17-19-23-28-33-38-43-50(3)4)61-55(58)47-42-37-32-27-21-16-14-13-15-20-24-29-34-39-44-51(5)7-2/h50-52H,6-49H2,1-5H3/t51?,52-/m1/s1. The highest BCUT2D eigenvalue weighted by Crippen LogP contribution is 2.18. The van der Waals surface area contributed by atoms with Gasteiger partial charge in [-0.2, -0.15) is 0 Å². The first-order valence-electron chi connectivity index (χ1n) is 27.3. The van der Waals surface area contributed by atoms with Crippen molar-refractivity contribution in [1.82, 2.24) is 0 Å². The Morgan fingerprint density at radius 3 is 0.934 bits per heavy atom. The van der Waals surface area contributed by atoms with Crippen LogP contribution in [0.1, 0.15) is 304 Å². The molecule has 0 radical (unpaired) electrons. The van der Waals surface area contributed by atoms with Gasteiger partial charge in [0.15, 0.2) is 6.10 Å². The molecular formula is C55H106O6. The van der Waals surface area contributed by atoms with Crippen LogP contribution in [-0.4, -0.2) is 37.2 Å². The first-order valence-corrected chi connectivity index (χ1v) is 27.3. The molecule has 2 atom stereocenters. The Hall–Kier alpha value is -1.59. The molecule has 0 heterocycles. The topological polar surface area (TPSA) is 78.9 Å². The molecular weight excluding hydrogens is 757 g/mol. The van der Waals surface area contributed by atoms with E-state index in [-0.39, 0.29) is 31.1 Å². The second kappa shape index (κ2) is 47.9. The fourth-order valence-electron chi connectivity index (χ4n) is 8.31. The molecule has 0 bridgehead atoms. The van der Waals surface area contributed by atoms with Crippen LogP contribution in [0.25, 0.3) is 0 Å². The normalized spacial score (nSPS) is 12.5. The fourth-order valence-corrected chi connectivity index (χ4v) is 8.31. The van der Waals surface area contributed by atoms with Crippen LogP contribution in [0.2, 0.25) is 0 Å². The van der Waals surface area contributed by atoms with Gasteiger partial charge in [-0.05, 0) is 31.1 Å². The van der Waals surface area contributed by atoms with E-state index < -0.39 is 6.10 Å². The maximum absolute atomic E-state index is 12.8. The summed E-state index contributed by atoms with van der Waals surface area (Å²) in [6.45, 7) is 11.4. The van der Waals surface area contributed by atoms with Gasteiger partial charge in [0.25, 0.3) is 0 Å². The molecule has 0 N–H and O–H groups in total. The summed E-state index contributed by atoms with van der Waals surface area (Å²) < 4.78 is 16.8. The molecule has 0 fully saturated rings. The van der Waals surface area contributed by atoms with Gasteiger partial charge in [-0.25, -0.2) is 0 Å². The van der Waals surface area contributed by atoms with Crippen LogP contribution in [0.3, 0.4) is 0 Å². The third kappa shape index (κ3) is 47.7. The minimum Gasteiger partial charge on any atom is -0.462 e. The van der Waals surface area contributed by atoms with Crippen LogP contribution in [0.4, 0.5) is 0 Å². The van der Waals surface area contributed by atoms with Crippen LogP contribution >= 0.6 is 0 Å². The van der Waals surface area contributed by atoms with Crippen LogP contribution < -0.4 is 0 Å². The minimum absolute atomic E-state index is 0.0633. The Morgan fingerprint density at radius 1 is 0.344 bits per heavy atom. The van der Waals surface area contributed by atoms with Gasteiger partial charge in [0.2, 0.25) is 0 Å². The van der Waals surface area contributed by atoms with Gasteiger partial charge < -0.3 is 14.2 Å². The van der Waals surface area contributed by atoms with Crippen LogP contribution in [0.5, 0.6) is 0 Å². The molecule has 0 aliphatic heterocycles. The predicted octanol–water partition coefficient (Wildman–Crippen LogP) is 17.7. The van der Waals surface area contributed by atoms with E-state index in [9.17, 15) is 14.4 Å². The van der Waals surface area contributed by atoms with E-state index in [1.54, 1.807) is 0 Å². The second-order valence-electron chi connectivity index (χ2n) is 19.6. The highest BCUT2D eigenvalue weighted by atomic mass is 16.6. The molecule has 6 nitrogen and oxygen atoms in total. The number of hydrogen-bond acceptors (Lipinski definition) is 6. The average molecular weight is 863 g/mol. The van der Waals surface area contributed by atoms with Gasteiger partial charge in [0.1, 0.15) is 13.2 Å². The number of carbonyl (C=O) groups excluding carboxylic acids is 3. The molecule has 0 spiro atoms. The zero-order valence-corrected chi connectivity index (χ0v) is 41.8. The van der Waals surface area contributed by atoms with Crippen molar-refractivity contribution in [2.24, 2.45) is 11.8 Å². The lowest BCUT2D eigenvalue weighted by Gasteiger charge is -2.18. The van der Waals surface area contributed by atoms with Crippen molar-refractivity contribution in [3.63, 3.8) is 0 Å². The first-order chi connectivity index (χ1) is 29.8. The summed E-state index contributed by atoms with van der Waals surface area (Å²) in [4.78, 5) is 38.0. The Labute approximate surface area is 380 Å². The number of ether oxygens (including phenoxy) is 3. The third-order valence-corrected chi connectivity index (χ3v) is 12.8. The zero-order valence-electron chi connectivity index (χ0n) is 41.8. The molecule has 0 aromatic rings. The van der Waals surface area contributed by atoms with Crippen molar-refractivity contribution in [1.29, 1.82) is 0 Å². The summed E-state index contributed by atoms with van der Waals surface area (Å²) in [5, 5.41) is 0. The molecule has 1 unspecified atom stereocenters. The molecule has 0 aromatic carbocycles. The van der Waals surface area contributed by atoms with Crippen molar-refractivity contribution in [3.05, 3.63) is 0 Å². The number of unbranched alkanes of at least 4 members (excludes halogenated alkanes) is 33. The van der Waals surface area contributed by atoms with Crippen molar-refractivity contribution < 1.29 is 28.6 Å². The summed E-state index contributed by atoms with van der Waals surface area (Å²) in [5.74, 6) is 0.877. The van der Waals surface area contributed by atoms with Crippen molar-refractivity contribution >= 4 is 17.9 Å². The van der Waals surface area contributed by atoms with E-state index >= 15 is 0 Å². The molecule has 61 heavy (non-hydrogen) atoms. The summed E-state index contributed by atoms with van der Waals surface area (Å²) in [7, 11) is 0. The van der Waals surface area contributed by atoms with Crippen LogP contribution in [-0.2, 0) is 28.6 Å². The largest absolute Gasteiger partial charge is 0.462 e. The SMILES string of the molecule is CCCCCCCCCCCCCC(=O)OC[C@H](COC(=O)CCCCCCCCCCCCCC(C)C)OC(=O)CCCCCCCCCCCCCCCCC(C)CC. The minimum atomic E-state index is -0.762. The quantitative estimate of drug-likeness (QED) is 0.0344. The van der Waals surface area contributed by atoms with Gasteiger partial charge in [-0.15, -0.1) is 0 Å². The molecule has 0 saturated heterocycles. The van der Waals surface area contributed by atoms with Crippen LogP contribution in [0.15, 0.2) is 0 Å². The first kappa shape index (κ1) is 59.4. The van der Waals surface area contributed by atoms with Crippen molar-refractivity contribution in [2.75, 3.05) is 13.2 Å². The Kier molecular flexibility index (Phi) is 46.6. The zero-order chi connectivity index (χ0) is 44.7. The van der Waals surface area contributed by atoms with Gasteiger partial charge in [-0.1, -0.05) is 266 Å². The van der Waals surface area contributed by atoms with Crippen molar-refractivity contribution in [2.45, 2.75) is 310 Å². The number of carbonyl (C=O) groups is 3. The van der Waals surface area contributed by atoms with Gasteiger partial charge in [0.05, 0.1) is 0 Å². The molecule has 0 saturated carbocycles. The maximum atomic E-state index is 12.8. The molecule has 0 aromatic heterocycles. The highest BCUT2D eigenvalue weighted by molar-refractivity contribution is 5.71. The second-order valence-corrected chi connectivity index (χ2v) is 19.6. The molecule has 0 amide bonds. The lowest BCUT2D eigenvalue weighted by molar-refractivity contribution is -0.167. The highest BCUT2D eigenvalue weighted by Gasteiger charge is 2.19. The maximum Gasteiger partial charge on any atom is 0.306 e. The Morgan fingerprint density at radius 2 is 0.623 bits per heavy atom. The summed E-state index contributed by atoms with van der Waals surface area (Å²) in [6.07, 6.45) is 49.4. The Balaban J connectivity index is 4.29. The van der Waals surface area contributed by atoms with E-state index in [4.69, 9.17) is 14.2 Å². The van der Waals surface area contributed by atoms with Crippen LogP contribution in [0, 0.1) is 11.8 Å². The summed E-state index contributed by atoms with van der Waals surface area (Å²) in [6, 6.07) is 0.